The Morgan fingerprint density at radius 2 is 2.00 bits per heavy atom. The molecule has 0 radical (unpaired) electrons. The molecule has 0 saturated carbocycles. The number of imide groups is 1. The van der Waals surface area contributed by atoms with Gasteiger partial charge in [0.05, 0.1) is 17.8 Å². The topological polar surface area (TPSA) is 50.3 Å². The number of nitrogens with zero attached hydrogens (tertiary/aromatic N) is 2. The summed E-state index contributed by atoms with van der Waals surface area (Å²) < 4.78 is 0. The molecule has 0 bridgehead atoms. The van der Waals surface area contributed by atoms with Crippen molar-refractivity contribution in [1.82, 2.24) is 9.88 Å². The summed E-state index contributed by atoms with van der Waals surface area (Å²) >= 11 is 7.41. The number of hydrogen-bond acceptors (Lipinski definition) is 4. The lowest BCUT2D eigenvalue weighted by Crippen LogP contribution is -2.31. The zero-order valence-corrected chi connectivity index (χ0v) is 11.8. The summed E-state index contributed by atoms with van der Waals surface area (Å²) in [4.78, 5) is 30.4. The fourth-order valence-corrected chi connectivity index (χ4v) is 3.09. The van der Waals surface area contributed by atoms with Gasteiger partial charge in [-0.3, -0.25) is 19.5 Å². The lowest BCUT2D eigenvalue weighted by Gasteiger charge is -2.13. The Morgan fingerprint density at radius 1 is 1.15 bits per heavy atom. The Labute approximate surface area is 124 Å². The molecule has 0 unspecified atom stereocenters. The summed E-state index contributed by atoms with van der Waals surface area (Å²) in [5.41, 5.74) is 0.925. The molecule has 6 heteroatoms. The van der Waals surface area contributed by atoms with Crippen molar-refractivity contribution in [2.45, 2.75) is 6.54 Å². The molecule has 2 aromatic rings. The average molecular weight is 305 g/mol. The minimum Gasteiger partial charge on any atom is -0.268 e. The predicted molar refractivity (Wildman–Crippen MR) is 76.9 cm³/mol. The van der Waals surface area contributed by atoms with Crippen LogP contribution in [0.4, 0.5) is 0 Å². The fraction of sp³-hybridized carbons (Fsp3) is 0.0714. The zero-order valence-electron chi connectivity index (χ0n) is 10.2. The lowest BCUT2D eigenvalue weighted by molar-refractivity contribution is -0.137. The maximum Gasteiger partial charge on any atom is 0.273 e. The number of carbonyl (C=O) groups excluding carboxylic acids is 2. The molecule has 0 N–H and O–H groups in total. The Hall–Kier alpha value is -1.98. The van der Waals surface area contributed by atoms with Gasteiger partial charge in [-0.05, 0) is 23.6 Å². The molecule has 1 aliphatic heterocycles. The molecule has 0 aromatic carbocycles. The highest BCUT2D eigenvalue weighted by Crippen LogP contribution is 2.34. The molecule has 100 valence electrons. The summed E-state index contributed by atoms with van der Waals surface area (Å²) in [6, 6.07) is 8.94. The van der Waals surface area contributed by atoms with Gasteiger partial charge in [0.25, 0.3) is 11.8 Å². The second kappa shape index (κ2) is 5.19. The summed E-state index contributed by atoms with van der Waals surface area (Å²) in [5.74, 6) is -0.834. The molecule has 0 aliphatic carbocycles. The summed E-state index contributed by atoms with van der Waals surface area (Å²) in [6.45, 7) is 0.129. The van der Waals surface area contributed by atoms with Gasteiger partial charge in [-0.25, -0.2) is 0 Å². The van der Waals surface area contributed by atoms with Gasteiger partial charge >= 0.3 is 0 Å². The monoisotopic (exact) mass is 304 g/mol. The van der Waals surface area contributed by atoms with Gasteiger partial charge in [0.2, 0.25) is 0 Å². The third-order valence-corrected chi connectivity index (χ3v) is 4.16. The van der Waals surface area contributed by atoms with Gasteiger partial charge in [-0.1, -0.05) is 23.7 Å². The summed E-state index contributed by atoms with van der Waals surface area (Å²) in [7, 11) is 0. The van der Waals surface area contributed by atoms with Crippen LogP contribution in [-0.4, -0.2) is 21.7 Å². The van der Waals surface area contributed by atoms with Crippen LogP contribution < -0.4 is 0 Å². The predicted octanol–water partition coefficient (Wildman–Crippen LogP) is 2.66. The van der Waals surface area contributed by atoms with E-state index in [2.05, 4.69) is 4.98 Å². The number of thiophene rings is 1. The number of hydrogen-bond donors (Lipinski definition) is 0. The molecule has 3 rings (SSSR count). The lowest BCUT2D eigenvalue weighted by atomic mass is 10.2. The molecule has 3 heterocycles. The van der Waals surface area contributed by atoms with Crippen molar-refractivity contribution in [2.75, 3.05) is 0 Å². The first-order valence-electron chi connectivity index (χ1n) is 5.88. The van der Waals surface area contributed by atoms with Crippen molar-refractivity contribution in [2.24, 2.45) is 0 Å². The molecule has 0 spiro atoms. The number of halogens is 1. The highest BCUT2D eigenvalue weighted by Gasteiger charge is 2.38. The first kappa shape index (κ1) is 13.0. The Kier molecular flexibility index (Phi) is 3.38. The van der Waals surface area contributed by atoms with Gasteiger partial charge < -0.3 is 0 Å². The van der Waals surface area contributed by atoms with Crippen LogP contribution >= 0.6 is 22.9 Å². The molecule has 0 saturated heterocycles. The van der Waals surface area contributed by atoms with Crippen LogP contribution in [-0.2, 0) is 16.1 Å². The zero-order chi connectivity index (χ0) is 14.1. The second-order valence-corrected chi connectivity index (χ2v) is 5.51. The van der Waals surface area contributed by atoms with Gasteiger partial charge in [0, 0.05) is 11.1 Å². The number of aromatic nitrogens is 1. The third kappa shape index (κ3) is 2.15. The Morgan fingerprint density at radius 3 is 2.65 bits per heavy atom. The standard InChI is InChI=1S/C14H9ClN2O2S/c15-12-11(10-5-3-7-20-10)13(18)17(14(12)19)8-9-4-1-2-6-16-9/h1-7H,8H2. The van der Waals surface area contributed by atoms with Crippen molar-refractivity contribution < 1.29 is 9.59 Å². The van der Waals surface area contributed by atoms with Gasteiger partial charge in [-0.15, -0.1) is 11.3 Å². The first-order valence-corrected chi connectivity index (χ1v) is 7.14. The van der Waals surface area contributed by atoms with Crippen LogP contribution in [0, 0.1) is 0 Å². The largest absolute Gasteiger partial charge is 0.273 e. The van der Waals surface area contributed by atoms with E-state index in [-0.39, 0.29) is 23.1 Å². The number of pyridine rings is 1. The highest BCUT2D eigenvalue weighted by molar-refractivity contribution is 7.11. The molecule has 1 aliphatic rings. The molecule has 0 atom stereocenters. The minimum absolute atomic E-state index is 0.0200. The van der Waals surface area contributed by atoms with Gasteiger partial charge in [-0.2, -0.15) is 0 Å². The van der Waals surface area contributed by atoms with Crippen molar-refractivity contribution in [3.8, 4) is 0 Å². The number of carbonyl (C=O) groups is 2. The SMILES string of the molecule is O=C1C(Cl)=C(c2cccs2)C(=O)N1Cc1ccccn1. The van der Waals surface area contributed by atoms with Crippen LogP contribution in [0.5, 0.6) is 0 Å². The second-order valence-electron chi connectivity index (χ2n) is 4.18. The van der Waals surface area contributed by atoms with Crippen molar-refractivity contribution in [1.29, 1.82) is 0 Å². The van der Waals surface area contributed by atoms with Crippen LogP contribution in [0.25, 0.3) is 5.57 Å². The van der Waals surface area contributed by atoms with Crippen LogP contribution in [0.3, 0.4) is 0 Å². The first-order chi connectivity index (χ1) is 9.68. The number of rotatable bonds is 3. The van der Waals surface area contributed by atoms with E-state index < -0.39 is 5.91 Å². The minimum atomic E-state index is -0.467. The smallest absolute Gasteiger partial charge is 0.268 e. The average Bonchev–Trinajstić information content (AvgIpc) is 3.04. The molecule has 0 fully saturated rings. The van der Waals surface area contributed by atoms with E-state index in [1.165, 1.54) is 11.3 Å². The fourth-order valence-electron chi connectivity index (χ4n) is 1.98. The van der Waals surface area contributed by atoms with E-state index in [0.29, 0.717) is 10.6 Å². The molecule has 20 heavy (non-hydrogen) atoms. The summed E-state index contributed by atoms with van der Waals surface area (Å²) in [6.07, 6.45) is 1.62. The Bertz CT molecular complexity index is 695. The summed E-state index contributed by atoms with van der Waals surface area (Å²) in [5, 5.41) is 1.82. The molecule has 4 nitrogen and oxygen atoms in total. The number of amides is 2. The van der Waals surface area contributed by atoms with E-state index >= 15 is 0 Å². The molecule has 2 aromatic heterocycles. The van der Waals surface area contributed by atoms with Gasteiger partial charge in [0.15, 0.2) is 0 Å². The quantitative estimate of drug-likeness (QED) is 0.819. The van der Waals surface area contributed by atoms with Crippen LogP contribution in [0.15, 0.2) is 46.9 Å². The molecular formula is C14H9ClN2O2S. The van der Waals surface area contributed by atoms with Gasteiger partial charge in [0.1, 0.15) is 5.03 Å². The van der Waals surface area contributed by atoms with E-state index in [1.807, 2.05) is 17.5 Å². The van der Waals surface area contributed by atoms with Crippen LogP contribution in [0.1, 0.15) is 10.6 Å². The molecule has 2 amide bonds. The maximum absolute atomic E-state index is 12.4. The Balaban J connectivity index is 1.91. The van der Waals surface area contributed by atoms with E-state index in [1.54, 1.807) is 24.4 Å². The maximum atomic E-state index is 12.4. The molecular weight excluding hydrogens is 296 g/mol. The van der Waals surface area contributed by atoms with E-state index in [9.17, 15) is 9.59 Å². The highest BCUT2D eigenvalue weighted by atomic mass is 35.5. The van der Waals surface area contributed by atoms with E-state index in [4.69, 9.17) is 11.6 Å². The normalized spacial score (nSPS) is 15.3. The van der Waals surface area contributed by atoms with Crippen molar-refractivity contribution in [3.63, 3.8) is 0 Å². The third-order valence-electron chi connectivity index (χ3n) is 2.93. The van der Waals surface area contributed by atoms with E-state index in [0.717, 1.165) is 4.90 Å². The van der Waals surface area contributed by atoms with Crippen molar-refractivity contribution >= 4 is 40.3 Å². The van der Waals surface area contributed by atoms with Crippen LogP contribution in [0.2, 0.25) is 0 Å². The van der Waals surface area contributed by atoms with Crippen molar-refractivity contribution in [3.05, 3.63) is 57.5 Å².